The van der Waals surface area contributed by atoms with Gasteiger partial charge < -0.3 is 15.0 Å². The van der Waals surface area contributed by atoms with Gasteiger partial charge in [0, 0.05) is 5.69 Å². The maximum absolute atomic E-state index is 5.60. The zero-order valence-corrected chi connectivity index (χ0v) is 10.8. The molecule has 19 heavy (non-hydrogen) atoms. The Balaban J connectivity index is 1.66. The van der Waals surface area contributed by atoms with Crippen molar-refractivity contribution in [1.29, 1.82) is 0 Å². The summed E-state index contributed by atoms with van der Waals surface area (Å²) >= 11 is 1.57. The Labute approximate surface area is 113 Å². The minimum absolute atomic E-state index is 0.238. The number of ether oxygens (including phenoxy) is 1. The van der Waals surface area contributed by atoms with E-state index in [0.717, 1.165) is 4.88 Å². The Morgan fingerprint density at radius 3 is 2.79 bits per heavy atom. The minimum atomic E-state index is 0.238. The van der Waals surface area contributed by atoms with Gasteiger partial charge in [0.1, 0.15) is 5.75 Å². The predicted molar refractivity (Wildman–Crippen MR) is 72.8 cm³/mol. The van der Waals surface area contributed by atoms with Crippen LogP contribution in [0.15, 0.2) is 46.3 Å². The van der Waals surface area contributed by atoms with Gasteiger partial charge in [-0.05, 0) is 35.7 Å². The van der Waals surface area contributed by atoms with E-state index in [1.54, 1.807) is 35.6 Å². The summed E-state index contributed by atoms with van der Waals surface area (Å²) in [7, 11) is 0. The van der Waals surface area contributed by atoms with Crippen LogP contribution in [0.3, 0.4) is 0 Å². The summed E-state index contributed by atoms with van der Waals surface area (Å²) in [6.45, 7) is 0.238. The summed E-state index contributed by atoms with van der Waals surface area (Å²) in [5.41, 5.74) is 6.30. The number of benzene rings is 1. The first-order valence-electron chi connectivity index (χ1n) is 5.66. The number of hydrogen-bond donors (Lipinski definition) is 1. The fraction of sp³-hybridized carbons (Fsp3) is 0.0769. The van der Waals surface area contributed by atoms with Crippen molar-refractivity contribution < 1.29 is 9.26 Å². The van der Waals surface area contributed by atoms with Gasteiger partial charge in [0.25, 0.3) is 5.89 Å². The van der Waals surface area contributed by atoms with Crippen LogP contribution in [0.4, 0.5) is 5.69 Å². The normalized spacial score (nSPS) is 10.5. The van der Waals surface area contributed by atoms with Crippen LogP contribution in [0.1, 0.15) is 5.89 Å². The van der Waals surface area contributed by atoms with Gasteiger partial charge in [-0.15, -0.1) is 11.3 Å². The molecule has 6 heteroatoms. The standard InChI is InChI=1S/C13H11N3O2S/c14-9-3-5-10(6-4-9)17-8-12-15-13(16-18-12)11-2-1-7-19-11/h1-7H,8,14H2. The molecule has 0 amide bonds. The quantitative estimate of drug-likeness (QED) is 0.740. The molecule has 0 saturated carbocycles. The molecule has 0 radical (unpaired) electrons. The summed E-state index contributed by atoms with van der Waals surface area (Å²) in [4.78, 5) is 5.24. The van der Waals surface area contributed by atoms with E-state index >= 15 is 0 Å². The number of nitrogen functional groups attached to an aromatic ring is 1. The largest absolute Gasteiger partial charge is 0.484 e. The number of hydrogen-bond acceptors (Lipinski definition) is 6. The molecule has 3 rings (SSSR count). The molecular weight excluding hydrogens is 262 g/mol. The lowest BCUT2D eigenvalue weighted by Gasteiger charge is -2.02. The highest BCUT2D eigenvalue weighted by molar-refractivity contribution is 7.13. The van der Waals surface area contributed by atoms with Crippen LogP contribution in [0.2, 0.25) is 0 Å². The van der Waals surface area contributed by atoms with Gasteiger partial charge in [-0.1, -0.05) is 11.2 Å². The Hall–Kier alpha value is -2.34. The molecule has 1 aromatic carbocycles. The fourth-order valence-electron chi connectivity index (χ4n) is 1.53. The van der Waals surface area contributed by atoms with Gasteiger partial charge in [0.15, 0.2) is 6.61 Å². The highest BCUT2D eigenvalue weighted by Gasteiger charge is 2.09. The molecule has 0 aliphatic heterocycles. The van der Waals surface area contributed by atoms with Gasteiger partial charge in [-0.2, -0.15) is 4.98 Å². The van der Waals surface area contributed by atoms with E-state index in [1.807, 2.05) is 17.5 Å². The lowest BCUT2D eigenvalue weighted by molar-refractivity contribution is 0.243. The van der Waals surface area contributed by atoms with Crippen molar-refractivity contribution in [2.75, 3.05) is 5.73 Å². The first kappa shape index (κ1) is 11.7. The topological polar surface area (TPSA) is 74.2 Å². The second-order valence-corrected chi connectivity index (χ2v) is 4.79. The molecule has 2 aromatic heterocycles. The average molecular weight is 273 g/mol. The van der Waals surface area contributed by atoms with E-state index in [0.29, 0.717) is 23.2 Å². The fourth-order valence-corrected chi connectivity index (χ4v) is 2.18. The van der Waals surface area contributed by atoms with Crippen molar-refractivity contribution in [2.24, 2.45) is 0 Å². The van der Waals surface area contributed by atoms with Crippen molar-refractivity contribution in [2.45, 2.75) is 6.61 Å². The monoisotopic (exact) mass is 273 g/mol. The molecule has 0 atom stereocenters. The molecule has 0 aliphatic rings. The van der Waals surface area contributed by atoms with Crippen LogP contribution in [-0.4, -0.2) is 10.1 Å². The molecule has 3 aromatic rings. The smallest absolute Gasteiger partial charge is 0.264 e. The number of anilines is 1. The number of nitrogens with zero attached hydrogens (tertiary/aromatic N) is 2. The van der Waals surface area contributed by atoms with Crippen molar-refractivity contribution >= 4 is 17.0 Å². The zero-order chi connectivity index (χ0) is 13.1. The van der Waals surface area contributed by atoms with Crippen LogP contribution >= 0.6 is 11.3 Å². The van der Waals surface area contributed by atoms with Crippen LogP contribution in [0, 0.1) is 0 Å². The number of thiophene rings is 1. The molecule has 0 spiro atoms. The predicted octanol–water partition coefficient (Wildman–Crippen LogP) is 2.96. The van der Waals surface area contributed by atoms with Gasteiger partial charge in [0.2, 0.25) is 5.82 Å². The van der Waals surface area contributed by atoms with E-state index in [9.17, 15) is 0 Å². The molecule has 2 N–H and O–H groups in total. The molecule has 0 fully saturated rings. The van der Waals surface area contributed by atoms with Crippen LogP contribution in [-0.2, 0) is 6.61 Å². The van der Waals surface area contributed by atoms with Crippen molar-refractivity contribution in [1.82, 2.24) is 10.1 Å². The van der Waals surface area contributed by atoms with Crippen molar-refractivity contribution in [3.05, 3.63) is 47.7 Å². The minimum Gasteiger partial charge on any atom is -0.484 e. The SMILES string of the molecule is Nc1ccc(OCc2nc(-c3cccs3)no2)cc1. The number of nitrogens with two attached hydrogens (primary N) is 1. The number of rotatable bonds is 4. The zero-order valence-electron chi connectivity index (χ0n) is 9.95. The summed E-state index contributed by atoms with van der Waals surface area (Å²) in [6.07, 6.45) is 0. The van der Waals surface area contributed by atoms with E-state index in [4.69, 9.17) is 15.0 Å². The Morgan fingerprint density at radius 1 is 1.21 bits per heavy atom. The second-order valence-electron chi connectivity index (χ2n) is 3.85. The average Bonchev–Trinajstić information content (AvgIpc) is 3.09. The van der Waals surface area contributed by atoms with Gasteiger partial charge in [-0.25, -0.2) is 0 Å². The van der Waals surface area contributed by atoms with Gasteiger partial charge >= 0.3 is 0 Å². The van der Waals surface area contributed by atoms with Crippen molar-refractivity contribution in [3.63, 3.8) is 0 Å². The summed E-state index contributed by atoms with van der Waals surface area (Å²) < 4.78 is 10.7. The molecule has 2 heterocycles. The van der Waals surface area contributed by atoms with E-state index in [-0.39, 0.29) is 6.61 Å². The Kier molecular flexibility index (Phi) is 3.16. The maximum Gasteiger partial charge on any atom is 0.264 e. The summed E-state index contributed by atoms with van der Waals surface area (Å²) in [6, 6.07) is 11.0. The first-order chi connectivity index (χ1) is 9.31. The molecule has 0 bridgehead atoms. The second kappa shape index (κ2) is 5.11. The summed E-state index contributed by atoms with van der Waals surface area (Å²) in [5, 5.41) is 5.88. The highest BCUT2D eigenvalue weighted by atomic mass is 32.1. The Bertz CT molecular complexity index is 647. The molecule has 96 valence electrons. The number of aromatic nitrogens is 2. The maximum atomic E-state index is 5.60. The lowest BCUT2D eigenvalue weighted by Crippen LogP contribution is -1.95. The van der Waals surface area contributed by atoms with Gasteiger partial charge in [-0.3, -0.25) is 0 Å². The van der Waals surface area contributed by atoms with Crippen molar-refractivity contribution in [3.8, 4) is 16.5 Å². The Morgan fingerprint density at radius 2 is 2.05 bits per heavy atom. The molecule has 0 aliphatic carbocycles. The van der Waals surface area contributed by atoms with Gasteiger partial charge in [0.05, 0.1) is 4.88 Å². The van der Waals surface area contributed by atoms with E-state index in [2.05, 4.69) is 10.1 Å². The van der Waals surface area contributed by atoms with Crippen LogP contribution < -0.4 is 10.5 Å². The molecular formula is C13H11N3O2S. The van der Waals surface area contributed by atoms with Crippen LogP contribution in [0.25, 0.3) is 10.7 Å². The third kappa shape index (κ3) is 2.74. The van der Waals surface area contributed by atoms with E-state index in [1.165, 1.54) is 0 Å². The summed E-state index contributed by atoms with van der Waals surface area (Å²) in [5.74, 6) is 1.75. The third-order valence-corrected chi connectivity index (χ3v) is 3.32. The van der Waals surface area contributed by atoms with Crippen LogP contribution in [0.5, 0.6) is 5.75 Å². The molecule has 0 saturated heterocycles. The highest BCUT2D eigenvalue weighted by Crippen LogP contribution is 2.21. The molecule has 5 nitrogen and oxygen atoms in total. The van der Waals surface area contributed by atoms with E-state index < -0.39 is 0 Å². The first-order valence-corrected chi connectivity index (χ1v) is 6.54. The lowest BCUT2D eigenvalue weighted by atomic mass is 10.3. The molecule has 0 unspecified atom stereocenters. The third-order valence-electron chi connectivity index (χ3n) is 2.45.